The van der Waals surface area contributed by atoms with Gasteiger partial charge in [-0.3, -0.25) is 0 Å². The molecule has 1 aromatic heterocycles. The van der Waals surface area contributed by atoms with Crippen LogP contribution in [0.25, 0.3) is 0 Å². The minimum atomic E-state index is 0.383. The average molecular weight is 221 g/mol. The highest BCUT2D eigenvalue weighted by molar-refractivity contribution is 5.52. The van der Waals surface area contributed by atoms with Crippen molar-refractivity contribution < 1.29 is 4.74 Å². The largest absolute Gasteiger partial charge is 0.480 e. The molecule has 88 valence electrons. The molecule has 0 aromatic carbocycles. The summed E-state index contributed by atoms with van der Waals surface area (Å²) in [7, 11) is 1.64. The number of nitrogens with one attached hydrogen (secondary N) is 1. The smallest absolute Gasteiger partial charge is 0.237 e. The van der Waals surface area contributed by atoms with Crippen molar-refractivity contribution in [1.82, 2.24) is 4.98 Å². The summed E-state index contributed by atoms with van der Waals surface area (Å²) in [5.41, 5.74) is 6.86. The Labute approximate surface area is 96.2 Å². The fourth-order valence-electron chi connectivity index (χ4n) is 2.15. The first kappa shape index (κ1) is 11.2. The molecule has 1 heterocycles. The zero-order valence-corrected chi connectivity index (χ0v) is 9.65. The van der Waals surface area contributed by atoms with E-state index in [1.165, 1.54) is 0 Å². The van der Waals surface area contributed by atoms with Gasteiger partial charge in [-0.15, -0.1) is 0 Å². The highest BCUT2D eigenvalue weighted by atomic mass is 16.5. The number of nitrogens with zero attached hydrogens (tertiary/aromatic N) is 1. The van der Waals surface area contributed by atoms with Gasteiger partial charge in [-0.05, 0) is 37.8 Å². The van der Waals surface area contributed by atoms with E-state index in [1.54, 1.807) is 13.3 Å². The van der Waals surface area contributed by atoms with Gasteiger partial charge in [0.1, 0.15) is 0 Å². The van der Waals surface area contributed by atoms with Gasteiger partial charge in [0.25, 0.3) is 0 Å². The number of hydrogen-bond donors (Lipinski definition) is 2. The molecule has 0 saturated heterocycles. The van der Waals surface area contributed by atoms with Crippen LogP contribution in [-0.4, -0.2) is 24.2 Å². The molecule has 1 saturated carbocycles. The Bertz CT molecular complexity index is 335. The number of methoxy groups -OCH3 is 1. The SMILES string of the molecule is COc1ncccc1NC1CCC(N)CC1. The van der Waals surface area contributed by atoms with E-state index in [4.69, 9.17) is 10.5 Å². The maximum atomic E-state index is 5.88. The molecule has 4 nitrogen and oxygen atoms in total. The molecule has 0 spiro atoms. The lowest BCUT2D eigenvalue weighted by Crippen LogP contribution is -2.32. The molecule has 0 atom stereocenters. The standard InChI is InChI=1S/C12H19N3O/c1-16-12-11(3-2-8-14-12)15-10-6-4-9(13)5-7-10/h2-3,8-10,15H,4-7,13H2,1H3. The Hall–Kier alpha value is -1.29. The molecule has 0 radical (unpaired) electrons. The summed E-state index contributed by atoms with van der Waals surface area (Å²) < 4.78 is 5.21. The number of hydrogen-bond acceptors (Lipinski definition) is 4. The van der Waals surface area contributed by atoms with E-state index >= 15 is 0 Å². The van der Waals surface area contributed by atoms with Crippen molar-refractivity contribution in [3.8, 4) is 5.88 Å². The molecule has 0 amide bonds. The Morgan fingerprint density at radius 2 is 2.12 bits per heavy atom. The number of rotatable bonds is 3. The lowest BCUT2D eigenvalue weighted by Gasteiger charge is -2.27. The average Bonchev–Trinajstić information content (AvgIpc) is 2.33. The Balaban J connectivity index is 1.98. The molecule has 1 fully saturated rings. The number of nitrogens with two attached hydrogens (primary N) is 1. The third kappa shape index (κ3) is 2.64. The normalized spacial score (nSPS) is 25.1. The second-order valence-corrected chi connectivity index (χ2v) is 4.32. The second-order valence-electron chi connectivity index (χ2n) is 4.32. The molecular formula is C12H19N3O. The quantitative estimate of drug-likeness (QED) is 0.816. The molecular weight excluding hydrogens is 202 g/mol. The summed E-state index contributed by atoms with van der Waals surface area (Å²) in [6.07, 6.45) is 6.18. The van der Waals surface area contributed by atoms with E-state index in [1.807, 2.05) is 12.1 Å². The summed E-state index contributed by atoms with van der Waals surface area (Å²) in [6, 6.07) is 4.80. The lowest BCUT2D eigenvalue weighted by atomic mass is 9.92. The van der Waals surface area contributed by atoms with Crippen LogP contribution >= 0.6 is 0 Å². The van der Waals surface area contributed by atoms with Crippen molar-refractivity contribution in [2.45, 2.75) is 37.8 Å². The van der Waals surface area contributed by atoms with Crippen molar-refractivity contribution in [2.24, 2.45) is 5.73 Å². The third-order valence-corrected chi connectivity index (χ3v) is 3.10. The van der Waals surface area contributed by atoms with Gasteiger partial charge < -0.3 is 15.8 Å². The first-order valence-electron chi connectivity index (χ1n) is 5.80. The van der Waals surface area contributed by atoms with Gasteiger partial charge >= 0.3 is 0 Å². The zero-order valence-electron chi connectivity index (χ0n) is 9.65. The summed E-state index contributed by atoms with van der Waals surface area (Å²) >= 11 is 0. The Morgan fingerprint density at radius 3 is 2.81 bits per heavy atom. The van der Waals surface area contributed by atoms with E-state index in [0.717, 1.165) is 31.4 Å². The zero-order chi connectivity index (χ0) is 11.4. The van der Waals surface area contributed by atoms with Gasteiger partial charge in [-0.2, -0.15) is 0 Å². The third-order valence-electron chi connectivity index (χ3n) is 3.10. The van der Waals surface area contributed by atoms with E-state index in [-0.39, 0.29) is 0 Å². The molecule has 3 N–H and O–H groups in total. The van der Waals surface area contributed by atoms with Gasteiger partial charge in [-0.1, -0.05) is 0 Å². The molecule has 0 aliphatic heterocycles. The van der Waals surface area contributed by atoms with E-state index in [2.05, 4.69) is 10.3 Å². The molecule has 4 heteroatoms. The van der Waals surface area contributed by atoms with Crippen LogP contribution in [-0.2, 0) is 0 Å². The molecule has 0 bridgehead atoms. The van der Waals surface area contributed by atoms with Gasteiger partial charge in [0.05, 0.1) is 12.8 Å². The molecule has 0 unspecified atom stereocenters. The van der Waals surface area contributed by atoms with Crippen molar-refractivity contribution >= 4 is 5.69 Å². The van der Waals surface area contributed by atoms with Crippen molar-refractivity contribution in [1.29, 1.82) is 0 Å². The Kier molecular flexibility index (Phi) is 3.62. The predicted molar refractivity (Wildman–Crippen MR) is 64.6 cm³/mol. The fourth-order valence-corrected chi connectivity index (χ4v) is 2.15. The van der Waals surface area contributed by atoms with Gasteiger partial charge in [0, 0.05) is 18.3 Å². The van der Waals surface area contributed by atoms with Crippen LogP contribution < -0.4 is 15.8 Å². The first-order valence-corrected chi connectivity index (χ1v) is 5.80. The monoisotopic (exact) mass is 221 g/mol. The summed E-state index contributed by atoms with van der Waals surface area (Å²) in [5, 5.41) is 3.48. The van der Waals surface area contributed by atoms with Crippen LogP contribution in [0.2, 0.25) is 0 Å². The number of anilines is 1. The van der Waals surface area contributed by atoms with Gasteiger partial charge in [-0.25, -0.2) is 4.98 Å². The molecule has 16 heavy (non-hydrogen) atoms. The minimum absolute atomic E-state index is 0.383. The van der Waals surface area contributed by atoms with Crippen LogP contribution in [0.5, 0.6) is 5.88 Å². The second kappa shape index (κ2) is 5.16. The number of aromatic nitrogens is 1. The maximum Gasteiger partial charge on any atom is 0.237 e. The van der Waals surface area contributed by atoms with Crippen LogP contribution in [0.3, 0.4) is 0 Å². The number of pyridine rings is 1. The van der Waals surface area contributed by atoms with Crippen LogP contribution in [0.1, 0.15) is 25.7 Å². The molecule has 1 aliphatic rings. The van der Waals surface area contributed by atoms with Gasteiger partial charge in [0.2, 0.25) is 5.88 Å². The predicted octanol–water partition coefficient (Wildman–Crippen LogP) is 1.77. The summed E-state index contributed by atoms with van der Waals surface area (Å²) in [5.74, 6) is 0.664. The number of ether oxygens (including phenoxy) is 1. The molecule has 2 rings (SSSR count). The van der Waals surface area contributed by atoms with Crippen molar-refractivity contribution in [3.05, 3.63) is 18.3 Å². The highest BCUT2D eigenvalue weighted by Gasteiger charge is 2.19. The minimum Gasteiger partial charge on any atom is -0.480 e. The van der Waals surface area contributed by atoms with Crippen LogP contribution in [0, 0.1) is 0 Å². The van der Waals surface area contributed by atoms with Crippen molar-refractivity contribution in [2.75, 3.05) is 12.4 Å². The maximum absolute atomic E-state index is 5.88. The molecule has 1 aliphatic carbocycles. The summed E-state index contributed by atoms with van der Waals surface area (Å²) in [4.78, 5) is 4.17. The lowest BCUT2D eigenvalue weighted by molar-refractivity contribution is 0.392. The van der Waals surface area contributed by atoms with Crippen LogP contribution in [0.15, 0.2) is 18.3 Å². The Morgan fingerprint density at radius 1 is 1.38 bits per heavy atom. The van der Waals surface area contributed by atoms with Crippen LogP contribution in [0.4, 0.5) is 5.69 Å². The summed E-state index contributed by atoms with van der Waals surface area (Å²) in [6.45, 7) is 0. The van der Waals surface area contributed by atoms with Gasteiger partial charge in [0.15, 0.2) is 0 Å². The van der Waals surface area contributed by atoms with E-state index in [0.29, 0.717) is 18.0 Å². The van der Waals surface area contributed by atoms with Crippen molar-refractivity contribution in [3.63, 3.8) is 0 Å². The molecule has 1 aromatic rings. The van der Waals surface area contributed by atoms with E-state index in [9.17, 15) is 0 Å². The topological polar surface area (TPSA) is 60.2 Å². The van der Waals surface area contributed by atoms with E-state index < -0.39 is 0 Å². The highest BCUT2D eigenvalue weighted by Crippen LogP contribution is 2.25. The fraction of sp³-hybridized carbons (Fsp3) is 0.583. The first-order chi connectivity index (χ1) is 7.79.